The molecule has 1 N–H and O–H groups in total. The summed E-state index contributed by atoms with van der Waals surface area (Å²) in [6.45, 7) is 8.14. The topological polar surface area (TPSA) is 24.9 Å². The fraction of sp³-hybridized carbons (Fsp3) is 0.583. The quantitative estimate of drug-likeness (QED) is 0.777. The van der Waals surface area contributed by atoms with Crippen LogP contribution in [0.25, 0.3) is 0 Å². The van der Waals surface area contributed by atoms with Gasteiger partial charge in [0.2, 0.25) is 0 Å². The van der Waals surface area contributed by atoms with Gasteiger partial charge in [-0.15, -0.1) is 0 Å². The van der Waals surface area contributed by atoms with Crippen molar-refractivity contribution < 1.29 is 0 Å². The zero-order chi connectivity index (χ0) is 10.6. The van der Waals surface area contributed by atoms with E-state index >= 15 is 0 Å². The van der Waals surface area contributed by atoms with Crippen molar-refractivity contribution in [2.75, 3.05) is 5.32 Å². The molecule has 0 unspecified atom stereocenters. The maximum absolute atomic E-state index is 4.44. The van der Waals surface area contributed by atoms with Crippen LogP contribution in [-0.4, -0.2) is 11.0 Å². The fourth-order valence-corrected chi connectivity index (χ4v) is 1.15. The van der Waals surface area contributed by atoms with Crippen molar-refractivity contribution in [3.8, 4) is 0 Å². The number of pyridine rings is 1. The monoisotopic (exact) mass is 192 g/mol. The van der Waals surface area contributed by atoms with Gasteiger partial charge in [-0.3, -0.25) is 0 Å². The maximum Gasteiger partial charge on any atom is 0.126 e. The maximum atomic E-state index is 4.44. The Labute approximate surface area is 86.8 Å². The third-order valence-corrected chi connectivity index (χ3v) is 2.28. The third kappa shape index (κ3) is 3.02. The van der Waals surface area contributed by atoms with Gasteiger partial charge in [0.25, 0.3) is 0 Å². The van der Waals surface area contributed by atoms with E-state index in [4.69, 9.17) is 0 Å². The van der Waals surface area contributed by atoms with Crippen molar-refractivity contribution in [2.45, 2.75) is 46.6 Å². The van der Waals surface area contributed by atoms with Crippen LogP contribution in [0, 0.1) is 13.8 Å². The second-order valence-corrected chi connectivity index (χ2v) is 3.52. The molecule has 2 rings (SSSR count). The number of aromatic nitrogens is 1. The lowest BCUT2D eigenvalue weighted by atomic mass is 10.2. The van der Waals surface area contributed by atoms with Crippen LogP contribution in [0.15, 0.2) is 12.1 Å². The van der Waals surface area contributed by atoms with E-state index in [1.807, 2.05) is 20.8 Å². The van der Waals surface area contributed by atoms with Gasteiger partial charge in [-0.2, -0.15) is 0 Å². The molecule has 1 aromatic rings. The van der Waals surface area contributed by atoms with E-state index in [-0.39, 0.29) is 0 Å². The zero-order valence-corrected chi connectivity index (χ0v) is 9.59. The molecule has 1 aliphatic carbocycles. The molecule has 0 aliphatic heterocycles. The first kappa shape index (κ1) is 11.0. The van der Waals surface area contributed by atoms with Gasteiger partial charge in [0.1, 0.15) is 5.82 Å². The number of rotatable bonds is 2. The van der Waals surface area contributed by atoms with Crippen LogP contribution >= 0.6 is 0 Å². The van der Waals surface area contributed by atoms with Crippen molar-refractivity contribution >= 4 is 5.82 Å². The van der Waals surface area contributed by atoms with Gasteiger partial charge < -0.3 is 5.32 Å². The summed E-state index contributed by atoms with van der Waals surface area (Å²) in [6.07, 6.45) is 2.60. The smallest absolute Gasteiger partial charge is 0.126 e. The van der Waals surface area contributed by atoms with E-state index in [0.717, 1.165) is 11.5 Å². The van der Waals surface area contributed by atoms with E-state index in [1.165, 1.54) is 18.4 Å². The van der Waals surface area contributed by atoms with Crippen molar-refractivity contribution in [1.29, 1.82) is 0 Å². The summed E-state index contributed by atoms with van der Waals surface area (Å²) >= 11 is 0. The second-order valence-electron chi connectivity index (χ2n) is 3.52. The summed E-state index contributed by atoms with van der Waals surface area (Å²) in [7, 11) is 0. The Hall–Kier alpha value is -1.05. The van der Waals surface area contributed by atoms with E-state index < -0.39 is 0 Å². The van der Waals surface area contributed by atoms with Crippen LogP contribution < -0.4 is 5.32 Å². The van der Waals surface area contributed by atoms with Crippen molar-refractivity contribution in [3.63, 3.8) is 0 Å². The largest absolute Gasteiger partial charge is 0.367 e. The Morgan fingerprint density at radius 3 is 2.36 bits per heavy atom. The van der Waals surface area contributed by atoms with Gasteiger partial charge in [-0.05, 0) is 38.3 Å². The first-order chi connectivity index (χ1) is 6.75. The lowest BCUT2D eigenvalue weighted by molar-refractivity contribution is 1.07. The van der Waals surface area contributed by atoms with E-state index in [0.29, 0.717) is 6.04 Å². The Morgan fingerprint density at radius 2 is 1.86 bits per heavy atom. The minimum atomic E-state index is 0.694. The Kier molecular flexibility index (Phi) is 3.93. The van der Waals surface area contributed by atoms with Gasteiger partial charge in [-0.1, -0.05) is 19.9 Å². The molecular weight excluding hydrogens is 172 g/mol. The SMILES string of the molecule is CC.Cc1ccc(NC2CC2)nc1C. The van der Waals surface area contributed by atoms with Gasteiger partial charge in [-0.25, -0.2) is 4.98 Å². The molecule has 0 amide bonds. The van der Waals surface area contributed by atoms with E-state index in [2.05, 4.69) is 29.4 Å². The molecule has 2 heteroatoms. The predicted molar refractivity (Wildman–Crippen MR) is 61.7 cm³/mol. The summed E-state index contributed by atoms with van der Waals surface area (Å²) in [5.41, 5.74) is 2.39. The van der Waals surface area contributed by atoms with Crippen LogP contribution in [-0.2, 0) is 0 Å². The fourth-order valence-electron chi connectivity index (χ4n) is 1.15. The highest BCUT2D eigenvalue weighted by Crippen LogP contribution is 2.23. The molecule has 0 bridgehead atoms. The van der Waals surface area contributed by atoms with Gasteiger partial charge in [0.15, 0.2) is 0 Å². The van der Waals surface area contributed by atoms with Crippen LogP contribution in [0.5, 0.6) is 0 Å². The highest BCUT2D eigenvalue weighted by Gasteiger charge is 2.21. The van der Waals surface area contributed by atoms with Crippen LogP contribution in [0.3, 0.4) is 0 Å². The van der Waals surface area contributed by atoms with Crippen molar-refractivity contribution in [3.05, 3.63) is 23.4 Å². The third-order valence-electron chi connectivity index (χ3n) is 2.28. The number of anilines is 1. The van der Waals surface area contributed by atoms with E-state index in [9.17, 15) is 0 Å². The molecule has 1 aromatic heterocycles. The Balaban J connectivity index is 0.000000461. The first-order valence-electron chi connectivity index (χ1n) is 5.46. The molecular formula is C12H20N2. The average Bonchev–Trinajstić information content (AvgIpc) is 2.99. The van der Waals surface area contributed by atoms with Gasteiger partial charge in [0, 0.05) is 11.7 Å². The molecule has 2 nitrogen and oxygen atoms in total. The summed E-state index contributed by atoms with van der Waals surface area (Å²) < 4.78 is 0. The van der Waals surface area contributed by atoms with Crippen molar-refractivity contribution in [2.24, 2.45) is 0 Å². The molecule has 0 saturated heterocycles. The summed E-state index contributed by atoms with van der Waals surface area (Å²) in [6, 6.07) is 4.87. The van der Waals surface area contributed by atoms with Crippen LogP contribution in [0.2, 0.25) is 0 Å². The molecule has 14 heavy (non-hydrogen) atoms. The van der Waals surface area contributed by atoms with Crippen LogP contribution in [0.1, 0.15) is 37.9 Å². The van der Waals surface area contributed by atoms with E-state index in [1.54, 1.807) is 0 Å². The number of nitrogens with zero attached hydrogens (tertiary/aromatic N) is 1. The minimum Gasteiger partial charge on any atom is -0.367 e. The normalized spacial score (nSPS) is 14.3. The van der Waals surface area contributed by atoms with Gasteiger partial charge >= 0.3 is 0 Å². The second kappa shape index (κ2) is 4.99. The zero-order valence-electron chi connectivity index (χ0n) is 9.59. The Morgan fingerprint density at radius 1 is 1.21 bits per heavy atom. The van der Waals surface area contributed by atoms with Gasteiger partial charge in [0.05, 0.1) is 0 Å². The lowest BCUT2D eigenvalue weighted by Crippen LogP contribution is -2.03. The highest BCUT2D eigenvalue weighted by molar-refractivity contribution is 5.40. The number of aryl methyl sites for hydroxylation is 2. The molecule has 1 fully saturated rings. The average molecular weight is 192 g/mol. The molecule has 0 aromatic carbocycles. The molecule has 1 heterocycles. The standard InChI is InChI=1S/C10H14N2.C2H6/c1-7-3-6-10(11-8(7)2)12-9-4-5-9;1-2/h3,6,9H,4-5H2,1-2H3,(H,11,12);1-2H3. The van der Waals surface area contributed by atoms with Crippen molar-refractivity contribution in [1.82, 2.24) is 4.98 Å². The molecule has 1 saturated carbocycles. The highest BCUT2D eigenvalue weighted by atomic mass is 15.0. The summed E-state index contributed by atoms with van der Waals surface area (Å²) in [5.74, 6) is 1.03. The predicted octanol–water partition coefficient (Wildman–Crippen LogP) is 3.30. The number of hydrogen-bond donors (Lipinski definition) is 1. The molecule has 1 aliphatic rings. The molecule has 0 radical (unpaired) electrons. The molecule has 0 atom stereocenters. The molecule has 78 valence electrons. The van der Waals surface area contributed by atoms with Crippen LogP contribution in [0.4, 0.5) is 5.82 Å². The number of hydrogen-bond acceptors (Lipinski definition) is 2. The summed E-state index contributed by atoms with van der Waals surface area (Å²) in [4.78, 5) is 4.44. The lowest BCUT2D eigenvalue weighted by Gasteiger charge is -2.05. The summed E-state index contributed by atoms with van der Waals surface area (Å²) in [5, 5.41) is 3.37. The minimum absolute atomic E-state index is 0.694. The first-order valence-corrected chi connectivity index (χ1v) is 5.46. The molecule has 0 spiro atoms. The number of nitrogens with one attached hydrogen (secondary N) is 1. The Bertz CT molecular complexity index is 290.